The molecule has 2 N–H and O–H groups in total. The molecule has 1 aliphatic heterocycles. The van der Waals surface area contributed by atoms with Crippen LogP contribution >= 0.6 is 35.3 Å². The largest absolute Gasteiger partial charge is 0.357 e. The van der Waals surface area contributed by atoms with Crippen LogP contribution in [0.1, 0.15) is 42.2 Å². The highest BCUT2D eigenvalue weighted by Crippen LogP contribution is 2.24. The van der Waals surface area contributed by atoms with E-state index >= 15 is 0 Å². The average Bonchev–Trinajstić information content (AvgIpc) is 3.15. The van der Waals surface area contributed by atoms with Crippen LogP contribution in [0.2, 0.25) is 0 Å². The van der Waals surface area contributed by atoms with E-state index in [0.29, 0.717) is 37.0 Å². The van der Waals surface area contributed by atoms with E-state index in [1.165, 1.54) is 10.4 Å². The number of halogens is 1. The minimum atomic E-state index is -3.48. The molecule has 1 saturated heterocycles. The van der Waals surface area contributed by atoms with Gasteiger partial charge < -0.3 is 10.6 Å². The van der Waals surface area contributed by atoms with Crippen LogP contribution in [0.4, 0.5) is 0 Å². The molecule has 0 unspecified atom stereocenters. The molecule has 30 heavy (non-hydrogen) atoms. The molecule has 1 aromatic carbocycles. The van der Waals surface area contributed by atoms with Gasteiger partial charge in [0.2, 0.25) is 10.0 Å². The van der Waals surface area contributed by atoms with Gasteiger partial charge in [-0.05, 0) is 55.3 Å². The highest BCUT2D eigenvalue weighted by Gasteiger charge is 2.27. The summed E-state index contributed by atoms with van der Waals surface area (Å²) >= 11 is 1.72. The first-order valence-electron chi connectivity index (χ1n) is 10.2. The lowest BCUT2D eigenvalue weighted by atomic mass is 10.2. The van der Waals surface area contributed by atoms with Gasteiger partial charge in [-0.1, -0.05) is 24.6 Å². The number of thiophene rings is 1. The van der Waals surface area contributed by atoms with Crippen LogP contribution in [0, 0.1) is 6.92 Å². The van der Waals surface area contributed by atoms with E-state index in [0.717, 1.165) is 31.4 Å². The summed E-state index contributed by atoms with van der Waals surface area (Å²) in [7, 11) is -3.48. The number of nitrogens with zero attached hydrogens (tertiary/aromatic N) is 2. The van der Waals surface area contributed by atoms with Crippen LogP contribution < -0.4 is 10.6 Å². The van der Waals surface area contributed by atoms with Crippen LogP contribution in [-0.4, -0.2) is 38.3 Å². The minimum absolute atomic E-state index is 0. The first kappa shape index (κ1) is 25.1. The molecule has 0 amide bonds. The molecule has 0 spiro atoms. The standard InChI is InChI=1S/C21H30N4O2S2.HI/c1-3-22-21(24-16-19-17(2)11-14-28-19)23-15-18-9-5-6-10-20(18)29(26,27)25-12-7-4-8-13-25;/h5-6,9-11,14H,3-4,7-8,12-13,15-16H2,1-2H3,(H2,22,23,24);1H. The van der Waals surface area contributed by atoms with Crippen molar-refractivity contribution in [2.75, 3.05) is 19.6 Å². The van der Waals surface area contributed by atoms with Crippen molar-refractivity contribution in [3.63, 3.8) is 0 Å². The molecular weight excluding hydrogens is 531 g/mol. The molecule has 0 saturated carbocycles. The van der Waals surface area contributed by atoms with Gasteiger partial charge in [-0.2, -0.15) is 4.31 Å². The van der Waals surface area contributed by atoms with E-state index in [1.54, 1.807) is 27.8 Å². The normalized spacial score (nSPS) is 15.5. The number of aryl methyl sites for hydroxylation is 1. The maximum absolute atomic E-state index is 13.1. The number of guanidine groups is 1. The van der Waals surface area contributed by atoms with Gasteiger partial charge in [0, 0.05) is 24.5 Å². The molecule has 9 heteroatoms. The molecule has 0 bridgehead atoms. The lowest BCUT2D eigenvalue weighted by Crippen LogP contribution is -2.37. The van der Waals surface area contributed by atoms with E-state index in [9.17, 15) is 8.42 Å². The molecule has 2 heterocycles. The Morgan fingerprint density at radius 3 is 2.53 bits per heavy atom. The van der Waals surface area contributed by atoms with Crippen LogP contribution in [-0.2, 0) is 23.1 Å². The first-order chi connectivity index (χ1) is 14.0. The van der Waals surface area contributed by atoms with Crippen molar-refractivity contribution in [1.29, 1.82) is 0 Å². The summed E-state index contributed by atoms with van der Waals surface area (Å²) < 4.78 is 27.9. The third-order valence-corrected chi connectivity index (χ3v) is 8.06. The molecule has 2 aromatic rings. The number of hydrogen-bond acceptors (Lipinski definition) is 4. The summed E-state index contributed by atoms with van der Waals surface area (Å²) in [6, 6.07) is 9.31. The lowest BCUT2D eigenvalue weighted by molar-refractivity contribution is 0.346. The Bertz CT molecular complexity index is 938. The molecule has 0 aliphatic carbocycles. The fourth-order valence-corrected chi connectivity index (χ4v) is 5.96. The van der Waals surface area contributed by atoms with Gasteiger partial charge in [0.05, 0.1) is 18.0 Å². The second-order valence-corrected chi connectivity index (χ2v) is 10.1. The quantitative estimate of drug-likeness (QED) is 0.303. The zero-order valence-corrected chi connectivity index (χ0v) is 21.5. The van der Waals surface area contributed by atoms with Crippen LogP contribution in [0.5, 0.6) is 0 Å². The Hall–Kier alpha value is -1.17. The Kier molecular flexibility index (Phi) is 10.1. The van der Waals surface area contributed by atoms with E-state index in [2.05, 4.69) is 34.0 Å². The number of aliphatic imine (C=N–C) groups is 1. The number of piperidine rings is 1. The number of nitrogens with one attached hydrogen (secondary N) is 2. The van der Waals surface area contributed by atoms with Crippen molar-refractivity contribution in [2.24, 2.45) is 4.99 Å². The fraction of sp³-hybridized carbons (Fsp3) is 0.476. The van der Waals surface area contributed by atoms with Gasteiger partial charge in [-0.3, -0.25) is 0 Å². The van der Waals surface area contributed by atoms with Crippen molar-refractivity contribution in [2.45, 2.75) is 51.1 Å². The molecule has 3 rings (SSSR count). The molecule has 0 atom stereocenters. The van der Waals surface area contributed by atoms with Gasteiger partial charge in [-0.25, -0.2) is 13.4 Å². The van der Waals surface area contributed by atoms with Gasteiger partial charge >= 0.3 is 0 Å². The highest BCUT2D eigenvalue weighted by molar-refractivity contribution is 14.0. The van der Waals surface area contributed by atoms with Crippen molar-refractivity contribution >= 4 is 51.3 Å². The van der Waals surface area contributed by atoms with Gasteiger partial charge in [0.15, 0.2) is 5.96 Å². The smallest absolute Gasteiger partial charge is 0.243 e. The monoisotopic (exact) mass is 562 g/mol. The molecule has 166 valence electrons. The Morgan fingerprint density at radius 1 is 1.13 bits per heavy atom. The Balaban J connectivity index is 0.00000320. The van der Waals surface area contributed by atoms with Crippen molar-refractivity contribution in [3.8, 4) is 0 Å². The number of hydrogen-bond donors (Lipinski definition) is 2. The zero-order valence-electron chi connectivity index (χ0n) is 17.6. The van der Waals surface area contributed by atoms with Gasteiger partial charge in [0.1, 0.15) is 0 Å². The van der Waals surface area contributed by atoms with Crippen LogP contribution in [0.25, 0.3) is 0 Å². The van der Waals surface area contributed by atoms with Gasteiger partial charge in [0.25, 0.3) is 0 Å². The molecular formula is C21H31IN4O2S2. The summed E-state index contributed by atoms with van der Waals surface area (Å²) in [5.41, 5.74) is 1.99. The van der Waals surface area contributed by atoms with E-state index in [1.807, 2.05) is 19.1 Å². The molecule has 6 nitrogen and oxygen atoms in total. The van der Waals surface area contributed by atoms with Crippen LogP contribution in [0.3, 0.4) is 0 Å². The summed E-state index contributed by atoms with van der Waals surface area (Å²) in [4.78, 5) is 6.29. The third kappa shape index (κ3) is 6.41. The predicted molar refractivity (Wildman–Crippen MR) is 135 cm³/mol. The molecule has 1 aliphatic rings. The first-order valence-corrected chi connectivity index (χ1v) is 12.5. The van der Waals surface area contributed by atoms with Gasteiger partial charge in [-0.15, -0.1) is 35.3 Å². The summed E-state index contributed by atoms with van der Waals surface area (Å²) in [5.74, 6) is 0.686. The van der Waals surface area contributed by atoms with E-state index < -0.39 is 10.0 Å². The third-order valence-electron chi connectivity index (χ3n) is 5.04. The summed E-state index contributed by atoms with van der Waals surface area (Å²) in [6.45, 7) is 7.06. The topological polar surface area (TPSA) is 73.8 Å². The highest BCUT2D eigenvalue weighted by atomic mass is 127. The van der Waals surface area contributed by atoms with Crippen molar-refractivity contribution in [3.05, 3.63) is 51.7 Å². The summed E-state index contributed by atoms with van der Waals surface area (Å²) in [6.07, 6.45) is 2.95. The fourth-order valence-electron chi connectivity index (χ4n) is 3.39. The number of rotatable bonds is 7. The lowest BCUT2D eigenvalue weighted by Gasteiger charge is -2.26. The average molecular weight is 563 g/mol. The second kappa shape index (κ2) is 12.0. The van der Waals surface area contributed by atoms with Crippen molar-refractivity contribution in [1.82, 2.24) is 14.9 Å². The predicted octanol–water partition coefficient (Wildman–Crippen LogP) is 4.10. The summed E-state index contributed by atoms with van der Waals surface area (Å²) in [5, 5.41) is 8.67. The Labute approximate surface area is 201 Å². The van der Waals surface area contributed by atoms with Crippen LogP contribution in [0.15, 0.2) is 45.6 Å². The number of sulfonamides is 1. The number of benzene rings is 1. The minimum Gasteiger partial charge on any atom is -0.357 e. The molecule has 0 radical (unpaired) electrons. The Morgan fingerprint density at radius 2 is 1.87 bits per heavy atom. The SMILES string of the molecule is CCNC(=NCc1ccccc1S(=O)(=O)N1CCCCC1)NCc1sccc1C.I. The van der Waals surface area contributed by atoms with E-state index in [4.69, 9.17) is 0 Å². The zero-order chi connectivity index (χ0) is 20.7. The molecule has 1 aromatic heterocycles. The second-order valence-electron chi connectivity index (χ2n) is 7.15. The van der Waals surface area contributed by atoms with Crippen molar-refractivity contribution < 1.29 is 8.42 Å². The van der Waals surface area contributed by atoms with E-state index in [-0.39, 0.29) is 24.0 Å². The maximum atomic E-state index is 13.1. The molecule has 1 fully saturated rings. The maximum Gasteiger partial charge on any atom is 0.243 e.